The van der Waals surface area contributed by atoms with Gasteiger partial charge in [0.15, 0.2) is 0 Å². The Morgan fingerprint density at radius 1 is 1.56 bits per heavy atom. The highest BCUT2D eigenvalue weighted by Crippen LogP contribution is 2.32. The minimum absolute atomic E-state index is 0.0261. The van der Waals surface area contributed by atoms with Gasteiger partial charge in [-0.05, 0) is 13.0 Å². The van der Waals surface area contributed by atoms with E-state index in [-0.39, 0.29) is 15.6 Å². The van der Waals surface area contributed by atoms with E-state index in [0.29, 0.717) is 0 Å². The van der Waals surface area contributed by atoms with Crippen molar-refractivity contribution in [1.82, 2.24) is 5.32 Å². The van der Waals surface area contributed by atoms with Crippen molar-refractivity contribution in [2.24, 2.45) is 0 Å². The van der Waals surface area contributed by atoms with Gasteiger partial charge in [-0.3, -0.25) is 14.9 Å². The van der Waals surface area contributed by atoms with Gasteiger partial charge in [0.25, 0.3) is 11.6 Å². The highest BCUT2D eigenvalue weighted by atomic mass is 35.5. The first-order valence-corrected chi connectivity index (χ1v) is 5.52. The van der Waals surface area contributed by atoms with Crippen molar-refractivity contribution < 1.29 is 9.72 Å². The lowest BCUT2D eigenvalue weighted by molar-refractivity contribution is -0.384. The Kier molecular flexibility index (Phi) is 4.54. The highest BCUT2D eigenvalue weighted by molar-refractivity contribution is 6.43. The van der Waals surface area contributed by atoms with Crippen LogP contribution in [0, 0.1) is 22.5 Å². The smallest absolute Gasteiger partial charge is 0.290 e. The summed E-state index contributed by atoms with van der Waals surface area (Å²) in [7, 11) is 0. The molecule has 1 amide bonds. The summed E-state index contributed by atoms with van der Waals surface area (Å²) in [5.41, 5.74) is -0.402. The number of nitro benzene ring substituents is 1. The third-order valence-corrected chi connectivity index (χ3v) is 2.86. The van der Waals surface area contributed by atoms with E-state index in [1.54, 1.807) is 6.92 Å². The molecular weight excluding hydrogens is 279 g/mol. The van der Waals surface area contributed by atoms with Crippen molar-refractivity contribution in [3.05, 3.63) is 37.9 Å². The van der Waals surface area contributed by atoms with Crippen LogP contribution in [0.25, 0.3) is 0 Å². The summed E-state index contributed by atoms with van der Waals surface area (Å²) in [6, 6.07) is 1.80. The van der Waals surface area contributed by atoms with E-state index in [1.165, 1.54) is 6.07 Å². The Labute approximate surface area is 113 Å². The summed E-state index contributed by atoms with van der Waals surface area (Å²) in [5.74, 6) is 1.75. The standard InChI is InChI=1S/C11H8Cl2N2O3/c1-3-6(2)14-11(16)7-4-8(12)10(13)9(5-7)15(17)18/h1,4-6H,2H3,(H,14,16). The minimum Gasteiger partial charge on any atom is -0.339 e. The fraction of sp³-hybridized carbons (Fsp3) is 0.182. The van der Waals surface area contributed by atoms with Gasteiger partial charge in [0.1, 0.15) is 5.02 Å². The van der Waals surface area contributed by atoms with Crippen LogP contribution in [0.1, 0.15) is 17.3 Å². The van der Waals surface area contributed by atoms with Gasteiger partial charge in [-0.25, -0.2) is 0 Å². The van der Waals surface area contributed by atoms with Gasteiger partial charge in [0.2, 0.25) is 0 Å². The second-order valence-corrected chi connectivity index (χ2v) is 4.20. The van der Waals surface area contributed by atoms with Crippen LogP contribution in [0.2, 0.25) is 10.0 Å². The van der Waals surface area contributed by atoms with E-state index in [9.17, 15) is 14.9 Å². The Morgan fingerprint density at radius 2 is 2.17 bits per heavy atom. The molecule has 0 saturated carbocycles. The van der Waals surface area contributed by atoms with Gasteiger partial charge in [-0.2, -0.15) is 0 Å². The molecule has 94 valence electrons. The molecule has 0 heterocycles. The zero-order valence-electron chi connectivity index (χ0n) is 9.24. The maximum Gasteiger partial charge on any atom is 0.290 e. The van der Waals surface area contributed by atoms with Crippen LogP contribution in [0.15, 0.2) is 12.1 Å². The minimum atomic E-state index is -0.713. The fourth-order valence-electron chi connectivity index (χ4n) is 1.16. The maximum atomic E-state index is 11.7. The number of hydrogen-bond acceptors (Lipinski definition) is 3. The molecule has 0 aliphatic rings. The van der Waals surface area contributed by atoms with Crippen LogP contribution in [0.3, 0.4) is 0 Å². The van der Waals surface area contributed by atoms with E-state index in [0.717, 1.165) is 6.07 Å². The number of rotatable bonds is 3. The predicted octanol–water partition coefficient (Wildman–Crippen LogP) is 2.65. The predicted molar refractivity (Wildman–Crippen MR) is 68.9 cm³/mol. The van der Waals surface area contributed by atoms with Gasteiger partial charge in [-0.1, -0.05) is 29.1 Å². The monoisotopic (exact) mass is 286 g/mol. The first-order chi connectivity index (χ1) is 8.36. The largest absolute Gasteiger partial charge is 0.339 e. The molecule has 0 bridgehead atoms. The first-order valence-electron chi connectivity index (χ1n) is 4.77. The second kappa shape index (κ2) is 5.71. The molecule has 1 N–H and O–H groups in total. The third-order valence-electron chi connectivity index (χ3n) is 2.07. The first kappa shape index (κ1) is 14.3. The summed E-state index contributed by atoms with van der Waals surface area (Å²) < 4.78 is 0. The molecule has 1 atom stereocenters. The molecule has 1 aromatic rings. The molecule has 0 aromatic heterocycles. The van der Waals surface area contributed by atoms with Crippen molar-refractivity contribution >= 4 is 34.8 Å². The number of carbonyl (C=O) groups is 1. The Balaban J connectivity index is 3.16. The van der Waals surface area contributed by atoms with Crippen molar-refractivity contribution in [2.45, 2.75) is 13.0 Å². The van der Waals surface area contributed by atoms with E-state index in [4.69, 9.17) is 29.6 Å². The second-order valence-electron chi connectivity index (χ2n) is 3.41. The van der Waals surface area contributed by atoms with Crippen LogP contribution in [0.5, 0.6) is 0 Å². The summed E-state index contributed by atoms with van der Waals surface area (Å²) >= 11 is 11.4. The summed E-state index contributed by atoms with van der Waals surface area (Å²) in [4.78, 5) is 21.7. The fourth-order valence-corrected chi connectivity index (χ4v) is 1.55. The molecule has 1 unspecified atom stereocenters. The Hall–Kier alpha value is -1.77. The van der Waals surface area contributed by atoms with Gasteiger partial charge < -0.3 is 5.32 Å². The molecule has 0 radical (unpaired) electrons. The number of benzene rings is 1. The van der Waals surface area contributed by atoms with Crippen molar-refractivity contribution in [3.8, 4) is 12.3 Å². The van der Waals surface area contributed by atoms with Crippen molar-refractivity contribution in [1.29, 1.82) is 0 Å². The molecule has 7 heteroatoms. The summed E-state index contributed by atoms with van der Waals surface area (Å²) in [5, 5.41) is 12.9. The molecule has 1 aromatic carbocycles. The number of carbonyl (C=O) groups excluding carboxylic acids is 1. The topological polar surface area (TPSA) is 72.2 Å². The number of terminal acetylenes is 1. The van der Waals surface area contributed by atoms with Gasteiger partial charge in [0.05, 0.1) is 16.0 Å². The van der Waals surface area contributed by atoms with Crippen LogP contribution < -0.4 is 5.32 Å². The Bertz CT molecular complexity index is 552. The highest BCUT2D eigenvalue weighted by Gasteiger charge is 2.20. The third kappa shape index (κ3) is 3.13. The van der Waals surface area contributed by atoms with E-state index < -0.39 is 22.6 Å². The maximum absolute atomic E-state index is 11.7. The van der Waals surface area contributed by atoms with Crippen LogP contribution in [-0.4, -0.2) is 16.9 Å². The van der Waals surface area contributed by atoms with Crippen LogP contribution >= 0.6 is 23.2 Å². The summed E-state index contributed by atoms with van der Waals surface area (Å²) in [6.45, 7) is 1.60. The van der Waals surface area contributed by atoms with Gasteiger partial charge in [-0.15, -0.1) is 6.42 Å². The van der Waals surface area contributed by atoms with E-state index in [2.05, 4.69) is 11.2 Å². The number of amides is 1. The zero-order chi connectivity index (χ0) is 13.9. The number of nitrogens with zero attached hydrogens (tertiary/aromatic N) is 1. The van der Waals surface area contributed by atoms with Crippen molar-refractivity contribution in [3.63, 3.8) is 0 Å². The molecule has 0 spiro atoms. The number of halogens is 2. The molecule has 5 nitrogen and oxygen atoms in total. The Morgan fingerprint density at radius 3 is 2.67 bits per heavy atom. The SMILES string of the molecule is C#CC(C)NC(=O)c1cc(Cl)c(Cl)c([N+](=O)[O-])c1. The average Bonchev–Trinajstić information content (AvgIpc) is 2.31. The molecule has 0 fully saturated rings. The number of hydrogen-bond donors (Lipinski definition) is 1. The van der Waals surface area contributed by atoms with E-state index in [1.807, 2.05) is 0 Å². The summed E-state index contributed by atoms with van der Waals surface area (Å²) in [6.07, 6.45) is 5.11. The lowest BCUT2D eigenvalue weighted by Crippen LogP contribution is -2.31. The average molecular weight is 287 g/mol. The van der Waals surface area contributed by atoms with Crippen LogP contribution in [-0.2, 0) is 0 Å². The number of nitro groups is 1. The van der Waals surface area contributed by atoms with Crippen molar-refractivity contribution in [2.75, 3.05) is 0 Å². The molecule has 0 aliphatic heterocycles. The lowest BCUT2D eigenvalue weighted by atomic mass is 10.1. The molecule has 18 heavy (non-hydrogen) atoms. The van der Waals surface area contributed by atoms with Gasteiger partial charge in [0, 0.05) is 11.6 Å². The lowest BCUT2D eigenvalue weighted by Gasteiger charge is -2.08. The molecule has 1 rings (SSSR count). The molecule has 0 saturated heterocycles. The molecule has 0 aliphatic carbocycles. The number of nitrogens with one attached hydrogen (secondary N) is 1. The molecular formula is C11H8Cl2N2O3. The zero-order valence-corrected chi connectivity index (χ0v) is 10.7. The van der Waals surface area contributed by atoms with E-state index >= 15 is 0 Å². The van der Waals surface area contributed by atoms with Gasteiger partial charge >= 0.3 is 0 Å². The normalized spacial score (nSPS) is 11.4. The van der Waals surface area contributed by atoms with Crippen LogP contribution in [0.4, 0.5) is 5.69 Å². The quantitative estimate of drug-likeness (QED) is 0.527.